The summed E-state index contributed by atoms with van der Waals surface area (Å²) in [7, 11) is 3.96. The molecule has 1 aromatic rings. The zero-order valence-electron chi connectivity index (χ0n) is 14.0. The monoisotopic (exact) mass is 333 g/mol. The van der Waals surface area contributed by atoms with Gasteiger partial charge in [0.1, 0.15) is 0 Å². The fourth-order valence-electron chi connectivity index (χ4n) is 2.72. The van der Waals surface area contributed by atoms with Gasteiger partial charge in [0, 0.05) is 25.2 Å². The van der Waals surface area contributed by atoms with Gasteiger partial charge >= 0.3 is 5.97 Å². The number of likely N-dealkylation sites (tertiary alicyclic amines) is 1. The topological polar surface area (TPSA) is 89.9 Å². The third kappa shape index (κ3) is 4.79. The van der Waals surface area contributed by atoms with Crippen molar-refractivity contribution in [1.29, 1.82) is 0 Å². The number of anilines is 1. The van der Waals surface area contributed by atoms with E-state index in [0.717, 1.165) is 13.0 Å². The molecule has 1 fully saturated rings. The maximum atomic E-state index is 12.3. The van der Waals surface area contributed by atoms with Gasteiger partial charge in [0.05, 0.1) is 11.5 Å². The molecule has 1 aliphatic heterocycles. The summed E-state index contributed by atoms with van der Waals surface area (Å²) < 4.78 is 0. The standard InChI is InChI=1S/C17H23N3O4/c1-19(2)7-4-8-20-11-13(10-15(20)21)16(22)18-14-6-3-5-12(9-14)17(23)24/h3,5-6,9,13H,4,7-8,10-11H2,1-2H3,(H,18,22)(H,23,24). The van der Waals surface area contributed by atoms with E-state index in [1.807, 2.05) is 14.1 Å². The van der Waals surface area contributed by atoms with E-state index in [1.54, 1.807) is 17.0 Å². The average molecular weight is 333 g/mol. The average Bonchev–Trinajstić information content (AvgIpc) is 2.88. The van der Waals surface area contributed by atoms with Crippen LogP contribution < -0.4 is 5.32 Å². The van der Waals surface area contributed by atoms with Crippen molar-refractivity contribution in [1.82, 2.24) is 9.80 Å². The van der Waals surface area contributed by atoms with Crippen molar-refractivity contribution in [3.05, 3.63) is 29.8 Å². The van der Waals surface area contributed by atoms with Crippen LogP contribution in [0, 0.1) is 5.92 Å². The molecule has 1 unspecified atom stereocenters. The molecule has 1 aromatic carbocycles. The van der Waals surface area contributed by atoms with Gasteiger partial charge in [-0.2, -0.15) is 0 Å². The minimum atomic E-state index is -1.05. The first kappa shape index (κ1) is 17.9. The molecule has 2 N–H and O–H groups in total. The van der Waals surface area contributed by atoms with Crippen LogP contribution >= 0.6 is 0 Å². The zero-order chi connectivity index (χ0) is 17.7. The number of aromatic carboxylic acids is 1. The van der Waals surface area contributed by atoms with Crippen LogP contribution in [-0.2, 0) is 9.59 Å². The molecule has 7 nitrogen and oxygen atoms in total. The summed E-state index contributed by atoms with van der Waals surface area (Å²) >= 11 is 0. The lowest BCUT2D eigenvalue weighted by Crippen LogP contribution is -2.30. The van der Waals surface area contributed by atoms with Crippen molar-refractivity contribution in [3.63, 3.8) is 0 Å². The molecule has 0 bridgehead atoms. The zero-order valence-corrected chi connectivity index (χ0v) is 14.0. The van der Waals surface area contributed by atoms with E-state index < -0.39 is 11.9 Å². The Morgan fingerprint density at radius 2 is 2.12 bits per heavy atom. The van der Waals surface area contributed by atoms with Gasteiger partial charge in [0.2, 0.25) is 11.8 Å². The summed E-state index contributed by atoms with van der Waals surface area (Å²) in [6, 6.07) is 6.08. The number of carboxylic acids is 1. The fraction of sp³-hybridized carbons (Fsp3) is 0.471. The number of rotatable bonds is 7. The quantitative estimate of drug-likeness (QED) is 0.780. The van der Waals surface area contributed by atoms with Gasteiger partial charge in [-0.3, -0.25) is 9.59 Å². The first-order valence-electron chi connectivity index (χ1n) is 7.93. The van der Waals surface area contributed by atoms with Crippen LogP contribution in [-0.4, -0.2) is 66.4 Å². The summed E-state index contributed by atoms with van der Waals surface area (Å²) in [5, 5.41) is 11.7. The predicted molar refractivity (Wildman–Crippen MR) is 89.9 cm³/mol. The highest BCUT2D eigenvalue weighted by Gasteiger charge is 2.33. The molecule has 0 spiro atoms. The molecule has 1 aliphatic rings. The van der Waals surface area contributed by atoms with Gasteiger partial charge in [0.15, 0.2) is 0 Å². The predicted octanol–water partition coefficient (Wildman–Crippen LogP) is 1.12. The Labute approximate surface area is 141 Å². The van der Waals surface area contributed by atoms with E-state index in [2.05, 4.69) is 10.2 Å². The highest BCUT2D eigenvalue weighted by molar-refractivity contribution is 5.98. The summed E-state index contributed by atoms with van der Waals surface area (Å²) in [4.78, 5) is 39.1. The number of nitrogens with one attached hydrogen (secondary N) is 1. The minimum absolute atomic E-state index is 0.00630. The Morgan fingerprint density at radius 3 is 2.79 bits per heavy atom. The summed E-state index contributed by atoms with van der Waals surface area (Å²) in [5.74, 6) is -1.70. The second-order valence-electron chi connectivity index (χ2n) is 6.27. The first-order valence-corrected chi connectivity index (χ1v) is 7.93. The van der Waals surface area contributed by atoms with Crippen LogP contribution in [0.5, 0.6) is 0 Å². The van der Waals surface area contributed by atoms with Crippen molar-refractivity contribution in [2.75, 3.05) is 39.0 Å². The molecule has 0 aromatic heterocycles. The molecule has 1 heterocycles. The normalized spacial score (nSPS) is 17.4. The molecular weight excluding hydrogens is 310 g/mol. The number of amides is 2. The largest absolute Gasteiger partial charge is 0.478 e. The van der Waals surface area contributed by atoms with Gasteiger partial charge < -0.3 is 20.2 Å². The van der Waals surface area contributed by atoms with Crippen molar-refractivity contribution < 1.29 is 19.5 Å². The van der Waals surface area contributed by atoms with Crippen LogP contribution in [0.2, 0.25) is 0 Å². The molecule has 0 radical (unpaired) electrons. The van der Waals surface area contributed by atoms with Gasteiger partial charge in [-0.25, -0.2) is 4.79 Å². The maximum Gasteiger partial charge on any atom is 0.335 e. The molecule has 7 heteroatoms. The number of carbonyl (C=O) groups is 3. The fourth-order valence-corrected chi connectivity index (χ4v) is 2.72. The van der Waals surface area contributed by atoms with Gasteiger partial charge in [0.25, 0.3) is 0 Å². The Kier molecular flexibility index (Phi) is 5.92. The van der Waals surface area contributed by atoms with E-state index in [-0.39, 0.29) is 23.8 Å². The number of benzene rings is 1. The van der Waals surface area contributed by atoms with Crippen molar-refractivity contribution >= 4 is 23.5 Å². The highest BCUT2D eigenvalue weighted by Crippen LogP contribution is 2.20. The number of hydrogen-bond donors (Lipinski definition) is 2. The molecule has 0 aliphatic carbocycles. The first-order chi connectivity index (χ1) is 11.4. The van der Waals surface area contributed by atoms with E-state index >= 15 is 0 Å². The number of carboxylic acid groups (broad SMARTS) is 1. The second kappa shape index (κ2) is 7.92. The van der Waals surface area contributed by atoms with Crippen LogP contribution in [0.4, 0.5) is 5.69 Å². The Balaban J connectivity index is 1.90. The molecule has 0 saturated carbocycles. The minimum Gasteiger partial charge on any atom is -0.478 e. The summed E-state index contributed by atoms with van der Waals surface area (Å²) in [6.07, 6.45) is 1.07. The van der Waals surface area contributed by atoms with E-state index in [0.29, 0.717) is 18.8 Å². The van der Waals surface area contributed by atoms with Crippen molar-refractivity contribution in [2.24, 2.45) is 5.92 Å². The number of carbonyl (C=O) groups excluding carboxylic acids is 2. The van der Waals surface area contributed by atoms with Crippen molar-refractivity contribution in [3.8, 4) is 0 Å². The van der Waals surface area contributed by atoms with Gasteiger partial charge in [-0.15, -0.1) is 0 Å². The Bertz CT molecular complexity index is 630. The van der Waals surface area contributed by atoms with Crippen LogP contribution in [0.1, 0.15) is 23.2 Å². The molecule has 1 atom stereocenters. The molecule has 2 amide bonds. The third-order valence-electron chi connectivity index (χ3n) is 4.00. The summed E-state index contributed by atoms with van der Waals surface area (Å²) in [5.41, 5.74) is 0.541. The molecule has 2 rings (SSSR count). The van der Waals surface area contributed by atoms with Gasteiger partial charge in [-0.05, 0) is 45.3 Å². The molecular formula is C17H23N3O4. The molecule has 130 valence electrons. The van der Waals surface area contributed by atoms with E-state index in [1.165, 1.54) is 12.1 Å². The SMILES string of the molecule is CN(C)CCCN1CC(C(=O)Nc2cccc(C(=O)O)c2)CC1=O. The van der Waals surface area contributed by atoms with E-state index in [9.17, 15) is 14.4 Å². The maximum absolute atomic E-state index is 12.3. The number of nitrogens with zero attached hydrogens (tertiary/aromatic N) is 2. The van der Waals surface area contributed by atoms with Crippen molar-refractivity contribution in [2.45, 2.75) is 12.8 Å². The lowest BCUT2D eigenvalue weighted by Gasteiger charge is -2.18. The smallest absolute Gasteiger partial charge is 0.335 e. The highest BCUT2D eigenvalue weighted by atomic mass is 16.4. The lowest BCUT2D eigenvalue weighted by molar-refractivity contribution is -0.128. The van der Waals surface area contributed by atoms with Crippen LogP contribution in [0.3, 0.4) is 0 Å². The molecule has 1 saturated heterocycles. The Hall–Kier alpha value is -2.41. The third-order valence-corrected chi connectivity index (χ3v) is 4.00. The Morgan fingerprint density at radius 1 is 1.38 bits per heavy atom. The second-order valence-corrected chi connectivity index (χ2v) is 6.27. The molecule has 24 heavy (non-hydrogen) atoms. The summed E-state index contributed by atoms with van der Waals surface area (Å²) in [6.45, 7) is 1.95. The van der Waals surface area contributed by atoms with Gasteiger partial charge in [-0.1, -0.05) is 6.07 Å². The van der Waals surface area contributed by atoms with E-state index in [4.69, 9.17) is 5.11 Å². The van der Waals surface area contributed by atoms with Crippen LogP contribution in [0.25, 0.3) is 0 Å². The number of hydrogen-bond acceptors (Lipinski definition) is 4. The lowest BCUT2D eigenvalue weighted by atomic mass is 10.1. The van der Waals surface area contributed by atoms with Crippen LogP contribution in [0.15, 0.2) is 24.3 Å².